The number of rotatable bonds is 3. The number of para-hydroxylation sites is 1. The molecule has 0 saturated carbocycles. The predicted octanol–water partition coefficient (Wildman–Crippen LogP) is 2.86. The van der Waals surface area contributed by atoms with E-state index >= 15 is 0 Å². The van der Waals surface area contributed by atoms with Crippen LogP contribution < -0.4 is 4.74 Å². The smallest absolute Gasteiger partial charge is 0.478 e. The number of nitrogens with zero attached hydrogens (tertiary/aromatic N) is 1. The Hall–Kier alpha value is -2.22. The third kappa shape index (κ3) is 3.10. The average molecular weight is 303 g/mol. The Kier molecular flexibility index (Phi) is 3.82. The summed E-state index contributed by atoms with van der Waals surface area (Å²) in [6.45, 7) is 1.44. The second kappa shape index (κ2) is 5.28. The highest BCUT2D eigenvalue weighted by atomic mass is 19.4. The van der Waals surface area contributed by atoms with Gasteiger partial charge in [0.05, 0.1) is 0 Å². The van der Waals surface area contributed by atoms with Crippen LogP contribution in [0.5, 0.6) is 5.75 Å². The van der Waals surface area contributed by atoms with Crippen molar-refractivity contribution in [2.45, 2.75) is 19.3 Å². The van der Waals surface area contributed by atoms with Gasteiger partial charge in [0.2, 0.25) is 0 Å². The summed E-state index contributed by atoms with van der Waals surface area (Å²) < 4.78 is 41.3. The SMILES string of the molecule is CC1=C(C(=O)O)C(c2ccccc2OC(F)(F)F)N(C)O1. The zero-order valence-corrected chi connectivity index (χ0v) is 11.1. The molecule has 1 aromatic rings. The van der Waals surface area contributed by atoms with Gasteiger partial charge in [-0.25, -0.2) is 4.79 Å². The number of hydroxylamine groups is 2. The maximum atomic E-state index is 12.4. The minimum atomic E-state index is -4.86. The largest absolute Gasteiger partial charge is 0.573 e. The Morgan fingerprint density at radius 1 is 1.38 bits per heavy atom. The van der Waals surface area contributed by atoms with Crippen molar-refractivity contribution in [2.24, 2.45) is 0 Å². The van der Waals surface area contributed by atoms with Crippen LogP contribution in [-0.4, -0.2) is 29.5 Å². The highest BCUT2D eigenvalue weighted by Gasteiger charge is 2.40. The first-order chi connectivity index (χ1) is 9.70. The van der Waals surface area contributed by atoms with Crippen LogP contribution in [0.1, 0.15) is 18.5 Å². The van der Waals surface area contributed by atoms with Crippen molar-refractivity contribution in [3.05, 3.63) is 41.2 Å². The van der Waals surface area contributed by atoms with Crippen molar-refractivity contribution >= 4 is 5.97 Å². The molecule has 1 aliphatic rings. The molecule has 0 fully saturated rings. The van der Waals surface area contributed by atoms with Crippen LogP contribution in [-0.2, 0) is 9.63 Å². The van der Waals surface area contributed by atoms with Crippen LogP contribution in [0.15, 0.2) is 35.6 Å². The van der Waals surface area contributed by atoms with Crippen molar-refractivity contribution in [1.82, 2.24) is 5.06 Å². The maximum Gasteiger partial charge on any atom is 0.573 e. The molecule has 5 nitrogen and oxygen atoms in total. The summed E-state index contributed by atoms with van der Waals surface area (Å²) in [5, 5.41) is 10.4. The number of aliphatic carboxylic acids is 1. The van der Waals surface area contributed by atoms with E-state index < -0.39 is 24.1 Å². The Balaban J connectivity index is 2.48. The summed E-state index contributed by atoms with van der Waals surface area (Å²) in [6.07, 6.45) is -4.86. The van der Waals surface area contributed by atoms with E-state index in [2.05, 4.69) is 4.74 Å². The first kappa shape index (κ1) is 15.2. The number of carboxylic acids is 1. The molecule has 114 valence electrons. The number of carbonyl (C=O) groups is 1. The molecular formula is C13H12F3NO4. The van der Waals surface area contributed by atoms with Gasteiger partial charge >= 0.3 is 12.3 Å². The molecule has 1 aliphatic heterocycles. The Morgan fingerprint density at radius 3 is 2.57 bits per heavy atom. The van der Waals surface area contributed by atoms with Crippen LogP contribution >= 0.6 is 0 Å². The van der Waals surface area contributed by atoms with E-state index in [1.165, 1.54) is 37.2 Å². The van der Waals surface area contributed by atoms with Gasteiger partial charge in [0.15, 0.2) is 0 Å². The third-order valence-corrected chi connectivity index (χ3v) is 2.97. The number of ether oxygens (including phenoxy) is 1. The fourth-order valence-corrected chi connectivity index (χ4v) is 2.24. The minimum Gasteiger partial charge on any atom is -0.478 e. The molecule has 2 rings (SSSR count). The lowest BCUT2D eigenvalue weighted by molar-refractivity contribution is -0.275. The van der Waals surface area contributed by atoms with Crippen LogP contribution in [0.3, 0.4) is 0 Å². The molecule has 1 unspecified atom stereocenters. The van der Waals surface area contributed by atoms with Crippen molar-refractivity contribution in [3.63, 3.8) is 0 Å². The molecule has 8 heteroatoms. The van der Waals surface area contributed by atoms with Gasteiger partial charge in [-0.1, -0.05) is 18.2 Å². The van der Waals surface area contributed by atoms with E-state index in [1.807, 2.05) is 0 Å². The standard InChI is InChI=1S/C13H12F3NO4/c1-7-10(12(18)19)11(17(2)21-7)8-5-3-4-6-9(8)20-13(14,15)16/h3-6,11H,1-2H3,(H,18,19). The van der Waals surface area contributed by atoms with Gasteiger partial charge in [0.25, 0.3) is 0 Å². The lowest BCUT2D eigenvalue weighted by atomic mass is 9.97. The highest BCUT2D eigenvalue weighted by molar-refractivity contribution is 5.89. The van der Waals surface area contributed by atoms with E-state index in [0.717, 1.165) is 6.07 Å². The number of carboxylic acid groups (broad SMARTS) is 1. The van der Waals surface area contributed by atoms with Crippen LogP contribution in [0, 0.1) is 0 Å². The van der Waals surface area contributed by atoms with Crippen molar-refractivity contribution < 1.29 is 32.6 Å². The Morgan fingerprint density at radius 2 is 2.00 bits per heavy atom. The number of alkyl halides is 3. The van der Waals surface area contributed by atoms with E-state index in [9.17, 15) is 23.1 Å². The normalized spacial score (nSPS) is 19.6. The van der Waals surface area contributed by atoms with Gasteiger partial charge in [-0.2, -0.15) is 0 Å². The Bertz CT molecular complexity index is 597. The van der Waals surface area contributed by atoms with Gasteiger partial charge in [-0.05, 0) is 13.0 Å². The zero-order chi connectivity index (χ0) is 15.8. The minimum absolute atomic E-state index is 0.0616. The fourth-order valence-electron chi connectivity index (χ4n) is 2.24. The summed E-state index contributed by atoms with van der Waals surface area (Å²) in [4.78, 5) is 16.5. The molecule has 1 heterocycles. The number of allylic oxidation sites excluding steroid dienone is 1. The average Bonchev–Trinajstić information content (AvgIpc) is 2.63. The zero-order valence-electron chi connectivity index (χ0n) is 11.1. The number of halogens is 3. The molecule has 0 aliphatic carbocycles. The fraction of sp³-hybridized carbons (Fsp3) is 0.308. The van der Waals surface area contributed by atoms with Crippen LogP contribution in [0.2, 0.25) is 0 Å². The molecule has 0 saturated heterocycles. The van der Waals surface area contributed by atoms with Crippen LogP contribution in [0.4, 0.5) is 13.2 Å². The van der Waals surface area contributed by atoms with E-state index in [-0.39, 0.29) is 16.9 Å². The summed E-state index contributed by atoms with van der Waals surface area (Å²) in [5.41, 5.74) is -0.0673. The first-order valence-electron chi connectivity index (χ1n) is 5.90. The summed E-state index contributed by atoms with van der Waals surface area (Å²) in [6, 6.07) is 4.38. The van der Waals surface area contributed by atoms with E-state index in [4.69, 9.17) is 4.84 Å². The molecule has 1 N–H and O–H groups in total. The summed E-state index contributed by atoms with van der Waals surface area (Å²) in [5.74, 6) is -1.60. The molecule has 0 radical (unpaired) electrons. The summed E-state index contributed by atoms with van der Waals surface area (Å²) >= 11 is 0. The summed E-state index contributed by atoms with van der Waals surface area (Å²) in [7, 11) is 1.44. The molecular weight excluding hydrogens is 291 g/mol. The van der Waals surface area contributed by atoms with Gasteiger partial charge in [-0.3, -0.25) is 0 Å². The maximum absolute atomic E-state index is 12.4. The van der Waals surface area contributed by atoms with E-state index in [0.29, 0.717) is 0 Å². The lowest BCUT2D eigenvalue weighted by Gasteiger charge is -2.22. The van der Waals surface area contributed by atoms with Crippen LogP contribution in [0.25, 0.3) is 0 Å². The lowest BCUT2D eigenvalue weighted by Crippen LogP contribution is -2.24. The van der Waals surface area contributed by atoms with Gasteiger partial charge in [-0.15, -0.1) is 18.2 Å². The molecule has 21 heavy (non-hydrogen) atoms. The molecule has 0 bridgehead atoms. The first-order valence-corrected chi connectivity index (χ1v) is 5.90. The Labute approximate surface area is 118 Å². The number of benzene rings is 1. The second-order valence-electron chi connectivity index (χ2n) is 4.40. The van der Waals surface area contributed by atoms with E-state index in [1.54, 1.807) is 0 Å². The van der Waals surface area contributed by atoms with Gasteiger partial charge in [0, 0.05) is 12.6 Å². The topological polar surface area (TPSA) is 59.0 Å². The van der Waals surface area contributed by atoms with Gasteiger partial charge in [0.1, 0.15) is 23.1 Å². The number of hydrogen-bond donors (Lipinski definition) is 1. The molecule has 1 aromatic carbocycles. The number of likely N-dealkylation sites (N-methyl/N-ethyl adjacent to an activating group) is 1. The van der Waals surface area contributed by atoms with Crippen molar-refractivity contribution in [1.29, 1.82) is 0 Å². The second-order valence-corrected chi connectivity index (χ2v) is 4.40. The number of hydrogen-bond acceptors (Lipinski definition) is 4. The van der Waals surface area contributed by atoms with Gasteiger partial charge < -0.3 is 14.7 Å². The molecule has 1 atom stereocenters. The molecule has 0 amide bonds. The predicted molar refractivity (Wildman–Crippen MR) is 65.0 cm³/mol. The molecule has 0 aromatic heterocycles. The third-order valence-electron chi connectivity index (χ3n) is 2.97. The monoisotopic (exact) mass is 303 g/mol. The van der Waals surface area contributed by atoms with Crippen molar-refractivity contribution in [2.75, 3.05) is 7.05 Å². The highest BCUT2D eigenvalue weighted by Crippen LogP contribution is 2.41. The molecule has 0 spiro atoms. The quantitative estimate of drug-likeness (QED) is 0.930. The van der Waals surface area contributed by atoms with Crippen molar-refractivity contribution in [3.8, 4) is 5.75 Å².